The molecule has 17 heavy (non-hydrogen) atoms. The van der Waals surface area contributed by atoms with Crippen molar-refractivity contribution in [3.8, 4) is 0 Å². The predicted molar refractivity (Wildman–Crippen MR) is 62.9 cm³/mol. The van der Waals surface area contributed by atoms with E-state index in [2.05, 4.69) is 24.9 Å². The molecule has 0 bridgehead atoms. The molecule has 1 aliphatic heterocycles. The molecule has 7 heteroatoms. The Morgan fingerprint density at radius 1 is 1.47 bits per heavy atom. The lowest BCUT2D eigenvalue weighted by atomic mass is 10.3. The first-order chi connectivity index (χ1) is 8.20. The lowest BCUT2D eigenvalue weighted by Gasteiger charge is -2.28. The highest BCUT2D eigenvalue weighted by molar-refractivity contribution is 5.88. The van der Waals surface area contributed by atoms with Gasteiger partial charge in [-0.1, -0.05) is 0 Å². The molecule has 0 amide bonds. The summed E-state index contributed by atoms with van der Waals surface area (Å²) in [6.45, 7) is 3.43. The van der Waals surface area contributed by atoms with E-state index in [4.69, 9.17) is 5.73 Å². The Kier molecular flexibility index (Phi) is 3.38. The third-order valence-electron chi connectivity index (χ3n) is 2.57. The second kappa shape index (κ2) is 4.96. The number of aromatic nitrogens is 2. The Hall–Kier alpha value is -1.89. The summed E-state index contributed by atoms with van der Waals surface area (Å²) in [4.78, 5) is 21.4. The van der Waals surface area contributed by atoms with Crippen LogP contribution in [0.4, 0.5) is 11.8 Å². The number of esters is 1. The molecule has 0 unspecified atom stereocenters. The Morgan fingerprint density at radius 3 is 2.82 bits per heavy atom. The second-order valence-corrected chi connectivity index (χ2v) is 3.70. The van der Waals surface area contributed by atoms with Gasteiger partial charge in [0.25, 0.3) is 0 Å². The molecule has 1 aromatic rings. The minimum absolute atomic E-state index is 0.0847. The van der Waals surface area contributed by atoms with E-state index < -0.39 is 5.97 Å². The summed E-state index contributed by atoms with van der Waals surface area (Å²) in [5, 5.41) is 3.24. The highest BCUT2D eigenvalue weighted by Gasteiger charge is 2.16. The Bertz CT molecular complexity index is 417. The fraction of sp³-hybridized carbons (Fsp3) is 0.500. The average molecular weight is 237 g/mol. The van der Waals surface area contributed by atoms with Gasteiger partial charge in [-0.2, -0.15) is 4.98 Å². The molecule has 1 fully saturated rings. The van der Waals surface area contributed by atoms with Gasteiger partial charge in [-0.05, 0) is 0 Å². The van der Waals surface area contributed by atoms with Crippen molar-refractivity contribution in [1.82, 2.24) is 15.3 Å². The van der Waals surface area contributed by atoms with E-state index in [-0.39, 0.29) is 11.6 Å². The van der Waals surface area contributed by atoms with Crippen LogP contribution in [0.25, 0.3) is 0 Å². The van der Waals surface area contributed by atoms with Gasteiger partial charge in [0.05, 0.1) is 7.11 Å². The molecule has 1 aliphatic rings. The number of anilines is 2. The monoisotopic (exact) mass is 237 g/mol. The van der Waals surface area contributed by atoms with Crippen LogP contribution in [0.15, 0.2) is 6.07 Å². The quantitative estimate of drug-likeness (QED) is 0.654. The van der Waals surface area contributed by atoms with Crippen molar-refractivity contribution < 1.29 is 9.53 Å². The minimum Gasteiger partial charge on any atom is -0.464 e. The van der Waals surface area contributed by atoms with Crippen LogP contribution in [0, 0.1) is 0 Å². The maximum atomic E-state index is 11.4. The van der Waals surface area contributed by atoms with Crippen LogP contribution in [0.3, 0.4) is 0 Å². The number of nitrogens with zero attached hydrogens (tertiary/aromatic N) is 3. The first kappa shape index (κ1) is 11.6. The number of nitrogens with two attached hydrogens (primary N) is 1. The van der Waals surface area contributed by atoms with Crippen molar-refractivity contribution >= 4 is 17.7 Å². The largest absolute Gasteiger partial charge is 0.464 e. The maximum absolute atomic E-state index is 11.4. The summed E-state index contributed by atoms with van der Waals surface area (Å²) in [5.41, 5.74) is 5.77. The van der Waals surface area contributed by atoms with Crippen LogP contribution in [0.5, 0.6) is 0 Å². The molecule has 0 aromatic carbocycles. The SMILES string of the molecule is COC(=O)c1cc(N2CCNCC2)nc(N)n1. The van der Waals surface area contributed by atoms with E-state index in [0.29, 0.717) is 5.82 Å². The van der Waals surface area contributed by atoms with Gasteiger partial charge in [0.1, 0.15) is 5.82 Å². The van der Waals surface area contributed by atoms with Gasteiger partial charge >= 0.3 is 5.97 Å². The third-order valence-corrected chi connectivity index (χ3v) is 2.57. The zero-order valence-corrected chi connectivity index (χ0v) is 9.64. The van der Waals surface area contributed by atoms with Crippen LogP contribution < -0.4 is 16.0 Å². The maximum Gasteiger partial charge on any atom is 0.356 e. The summed E-state index contributed by atoms with van der Waals surface area (Å²) in [6.07, 6.45) is 0. The molecule has 0 radical (unpaired) electrons. The smallest absolute Gasteiger partial charge is 0.356 e. The summed E-state index contributed by atoms with van der Waals surface area (Å²) in [5.74, 6) is 0.247. The molecule has 7 nitrogen and oxygen atoms in total. The molecule has 0 atom stereocenters. The Balaban J connectivity index is 2.27. The number of carbonyl (C=O) groups is 1. The Labute approximate surface area is 99.0 Å². The van der Waals surface area contributed by atoms with Gasteiger partial charge in [0.15, 0.2) is 5.69 Å². The van der Waals surface area contributed by atoms with Crippen molar-refractivity contribution in [2.75, 3.05) is 43.9 Å². The summed E-state index contributed by atoms with van der Waals surface area (Å²) >= 11 is 0. The van der Waals surface area contributed by atoms with Crippen LogP contribution in [-0.2, 0) is 4.74 Å². The highest BCUT2D eigenvalue weighted by atomic mass is 16.5. The standard InChI is InChI=1S/C10H15N5O2/c1-17-9(16)7-6-8(14-10(11)13-7)15-4-2-12-3-5-15/h6,12H,2-5H2,1H3,(H2,11,13,14). The van der Waals surface area contributed by atoms with Gasteiger partial charge in [0, 0.05) is 32.2 Å². The van der Waals surface area contributed by atoms with Crippen LogP contribution in [0.1, 0.15) is 10.5 Å². The topological polar surface area (TPSA) is 93.4 Å². The van der Waals surface area contributed by atoms with E-state index in [1.807, 2.05) is 0 Å². The highest BCUT2D eigenvalue weighted by Crippen LogP contribution is 2.14. The van der Waals surface area contributed by atoms with Gasteiger partial charge in [-0.25, -0.2) is 9.78 Å². The van der Waals surface area contributed by atoms with E-state index in [9.17, 15) is 4.79 Å². The molecule has 2 heterocycles. The average Bonchev–Trinajstić information content (AvgIpc) is 2.38. The first-order valence-electron chi connectivity index (χ1n) is 5.39. The van der Waals surface area contributed by atoms with Crippen LogP contribution in [0.2, 0.25) is 0 Å². The summed E-state index contributed by atoms with van der Waals surface area (Å²) in [7, 11) is 1.31. The minimum atomic E-state index is -0.504. The zero-order chi connectivity index (χ0) is 12.3. The lowest BCUT2D eigenvalue weighted by molar-refractivity contribution is 0.0594. The molecule has 3 N–H and O–H groups in total. The van der Waals surface area contributed by atoms with Crippen molar-refractivity contribution in [2.45, 2.75) is 0 Å². The first-order valence-corrected chi connectivity index (χ1v) is 5.39. The molecular weight excluding hydrogens is 222 g/mol. The number of methoxy groups -OCH3 is 1. The van der Waals surface area contributed by atoms with Crippen molar-refractivity contribution in [3.63, 3.8) is 0 Å². The molecule has 1 aromatic heterocycles. The van der Waals surface area contributed by atoms with Gasteiger partial charge in [-0.15, -0.1) is 0 Å². The number of ether oxygens (including phenoxy) is 1. The predicted octanol–water partition coefficient (Wildman–Crippen LogP) is -0.745. The van der Waals surface area contributed by atoms with Crippen LogP contribution in [-0.4, -0.2) is 49.2 Å². The van der Waals surface area contributed by atoms with E-state index >= 15 is 0 Å². The molecule has 0 aliphatic carbocycles. The number of nitrogen functional groups attached to an aromatic ring is 1. The summed E-state index contributed by atoms with van der Waals surface area (Å²) in [6, 6.07) is 1.60. The van der Waals surface area contributed by atoms with E-state index in [1.165, 1.54) is 7.11 Å². The van der Waals surface area contributed by atoms with Crippen molar-refractivity contribution in [2.24, 2.45) is 0 Å². The molecule has 0 spiro atoms. The number of carbonyl (C=O) groups excluding carboxylic acids is 1. The van der Waals surface area contributed by atoms with Crippen molar-refractivity contribution in [1.29, 1.82) is 0 Å². The second-order valence-electron chi connectivity index (χ2n) is 3.70. The van der Waals surface area contributed by atoms with Gasteiger partial charge < -0.3 is 20.7 Å². The number of rotatable bonds is 2. The third kappa shape index (κ3) is 2.62. The Morgan fingerprint density at radius 2 is 2.18 bits per heavy atom. The van der Waals surface area contributed by atoms with Gasteiger partial charge in [0.2, 0.25) is 5.95 Å². The van der Waals surface area contributed by atoms with E-state index in [1.54, 1.807) is 6.07 Å². The van der Waals surface area contributed by atoms with E-state index in [0.717, 1.165) is 26.2 Å². The number of hydrogen-bond donors (Lipinski definition) is 2. The number of hydrogen-bond acceptors (Lipinski definition) is 7. The van der Waals surface area contributed by atoms with Gasteiger partial charge in [-0.3, -0.25) is 0 Å². The fourth-order valence-electron chi connectivity index (χ4n) is 1.72. The molecular formula is C10H15N5O2. The lowest BCUT2D eigenvalue weighted by Crippen LogP contribution is -2.44. The number of piperazine rings is 1. The number of nitrogens with one attached hydrogen (secondary N) is 1. The molecule has 92 valence electrons. The molecule has 0 saturated carbocycles. The zero-order valence-electron chi connectivity index (χ0n) is 9.64. The summed E-state index contributed by atoms with van der Waals surface area (Å²) < 4.78 is 4.62. The van der Waals surface area contributed by atoms with Crippen molar-refractivity contribution in [3.05, 3.63) is 11.8 Å². The normalized spacial score (nSPS) is 15.7. The molecule has 1 saturated heterocycles. The molecule has 2 rings (SSSR count). The fourth-order valence-corrected chi connectivity index (χ4v) is 1.72. The van der Waals surface area contributed by atoms with Crippen LogP contribution >= 0.6 is 0 Å².